The van der Waals surface area contributed by atoms with Crippen molar-refractivity contribution >= 4 is 21.7 Å². The van der Waals surface area contributed by atoms with Crippen LogP contribution in [0.25, 0.3) is 0 Å². The number of hydrogen-bond acceptors (Lipinski definition) is 4. The molecule has 0 fully saturated rings. The lowest BCUT2D eigenvalue weighted by atomic mass is 10.2. The average Bonchev–Trinajstić information content (AvgIpc) is 2.40. The molecule has 0 aliphatic rings. The molecule has 0 aliphatic heterocycles. The second-order valence-corrected chi connectivity index (χ2v) is 6.06. The van der Waals surface area contributed by atoms with E-state index >= 15 is 0 Å². The van der Waals surface area contributed by atoms with E-state index in [0.717, 1.165) is 12.1 Å². The summed E-state index contributed by atoms with van der Waals surface area (Å²) in [6.45, 7) is 1.66. The Morgan fingerprint density at radius 3 is 2.43 bits per heavy atom. The molecule has 0 spiro atoms. The number of nitrogens with one attached hydrogen (secondary N) is 1. The Hall–Kier alpha value is -2.54. The molecule has 0 radical (unpaired) electrons. The van der Waals surface area contributed by atoms with Crippen molar-refractivity contribution in [1.29, 1.82) is 0 Å². The number of anilines is 1. The van der Waals surface area contributed by atoms with Gasteiger partial charge in [-0.3, -0.25) is 4.72 Å². The fraction of sp³-hybridized carbons (Fsp3) is 0.0714. The molecular formula is C14H13NO5S. The van der Waals surface area contributed by atoms with Crippen LogP contribution in [0.3, 0.4) is 0 Å². The Morgan fingerprint density at radius 2 is 1.81 bits per heavy atom. The Morgan fingerprint density at radius 1 is 1.14 bits per heavy atom. The molecule has 6 nitrogen and oxygen atoms in total. The minimum atomic E-state index is -3.82. The van der Waals surface area contributed by atoms with E-state index in [2.05, 4.69) is 4.72 Å². The van der Waals surface area contributed by atoms with E-state index in [1.54, 1.807) is 25.1 Å². The summed E-state index contributed by atoms with van der Waals surface area (Å²) in [6, 6.07) is 9.91. The van der Waals surface area contributed by atoms with E-state index in [9.17, 15) is 18.3 Å². The number of phenols is 1. The van der Waals surface area contributed by atoms with Crippen LogP contribution in [0.4, 0.5) is 5.69 Å². The number of aromatic hydroxyl groups is 1. The molecular weight excluding hydrogens is 294 g/mol. The minimum Gasteiger partial charge on any atom is -0.507 e. The molecule has 2 aromatic carbocycles. The van der Waals surface area contributed by atoms with E-state index in [1.165, 1.54) is 12.1 Å². The van der Waals surface area contributed by atoms with Crippen molar-refractivity contribution in [2.45, 2.75) is 11.8 Å². The van der Waals surface area contributed by atoms with Crippen molar-refractivity contribution in [2.75, 3.05) is 4.72 Å². The van der Waals surface area contributed by atoms with Gasteiger partial charge in [-0.05, 0) is 36.8 Å². The van der Waals surface area contributed by atoms with Gasteiger partial charge < -0.3 is 10.2 Å². The molecule has 0 unspecified atom stereocenters. The minimum absolute atomic E-state index is 0.0634. The summed E-state index contributed by atoms with van der Waals surface area (Å²) in [5.74, 6) is -1.77. The molecule has 0 amide bonds. The van der Waals surface area contributed by atoms with Crippen LogP contribution >= 0.6 is 0 Å². The number of carboxylic acids is 1. The van der Waals surface area contributed by atoms with Crippen LogP contribution in [0.2, 0.25) is 0 Å². The number of carbonyl (C=O) groups is 1. The van der Waals surface area contributed by atoms with Crippen LogP contribution in [-0.2, 0) is 10.0 Å². The Balaban J connectivity index is 2.40. The first-order valence-corrected chi connectivity index (χ1v) is 7.44. The van der Waals surface area contributed by atoms with Gasteiger partial charge in [0.25, 0.3) is 10.0 Å². The van der Waals surface area contributed by atoms with E-state index in [1.807, 2.05) is 0 Å². The third-order valence-electron chi connectivity index (χ3n) is 2.86. The van der Waals surface area contributed by atoms with Crippen LogP contribution in [-0.4, -0.2) is 24.6 Å². The molecule has 0 heterocycles. The first-order valence-electron chi connectivity index (χ1n) is 5.96. The summed E-state index contributed by atoms with van der Waals surface area (Å²) in [5, 5.41) is 18.3. The summed E-state index contributed by atoms with van der Waals surface area (Å²) >= 11 is 0. The molecule has 0 aromatic heterocycles. The molecule has 110 valence electrons. The van der Waals surface area contributed by atoms with Crippen molar-refractivity contribution in [1.82, 2.24) is 0 Å². The van der Waals surface area contributed by atoms with Gasteiger partial charge in [-0.25, -0.2) is 13.2 Å². The normalized spacial score (nSPS) is 11.1. The van der Waals surface area contributed by atoms with Crippen LogP contribution in [0, 0.1) is 6.92 Å². The molecule has 0 bridgehead atoms. The molecule has 3 N–H and O–H groups in total. The zero-order chi connectivity index (χ0) is 15.6. The zero-order valence-corrected chi connectivity index (χ0v) is 11.9. The summed E-state index contributed by atoms with van der Waals surface area (Å²) in [6.07, 6.45) is 0. The van der Waals surface area contributed by atoms with Crippen LogP contribution < -0.4 is 4.72 Å². The highest BCUT2D eigenvalue weighted by Gasteiger charge is 2.18. The lowest BCUT2D eigenvalue weighted by Crippen LogP contribution is -2.14. The predicted molar refractivity (Wildman–Crippen MR) is 77.1 cm³/mol. The van der Waals surface area contributed by atoms with Crippen molar-refractivity contribution in [3.63, 3.8) is 0 Å². The smallest absolute Gasteiger partial charge is 0.339 e. The Labute approximate surface area is 121 Å². The Bertz CT molecular complexity index is 799. The monoisotopic (exact) mass is 307 g/mol. The number of sulfonamides is 1. The van der Waals surface area contributed by atoms with E-state index in [4.69, 9.17) is 5.11 Å². The van der Waals surface area contributed by atoms with Gasteiger partial charge in [0, 0.05) is 5.69 Å². The third kappa shape index (κ3) is 3.14. The summed E-state index contributed by atoms with van der Waals surface area (Å²) in [4.78, 5) is 11.0. The Kier molecular flexibility index (Phi) is 3.86. The molecule has 0 saturated heterocycles. The highest BCUT2D eigenvalue weighted by molar-refractivity contribution is 7.92. The van der Waals surface area contributed by atoms with Crippen LogP contribution in [0.1, 0.15) is 15.9 Å². The van der Waals surface area contributed by atoms with Gasteiger partial charge in [-0.2, -0.15) is 0 Å². The summed E-state index contributed by atoms with van der Waals surface area (Å²) in [7, 11) is -3.82. The molecule has 0 atom stereocenters. The van der Waals surface area contributed by atoms with Crippen LogP contribution in [0.5, 0.6) is 5.75 Å². The molecule has 2 aromatic rings. The summed E-state index contributed by atoms with van der Waals surface area (Å²) < 4.78 is 26.8. The van der Waals surface area contributed by atoms with Gasteiger partial charge in [0.1, 0.15) is 11.3 Å². The van der Waals surface area contributed by atoms with Gasteiger partial charge in [0.05, 0.1) is 4.90 Å². The number of rotatable bonds is 4. The largest absolute Gasteiger partial charge is 0.507 e. The quantitative estimate of drug-likeness (QED) is 0.751. The highest BCUT2D eigenvalue weighted by atomic mass is 32.2. The van der Waals surface area contributed by atoms with Gasteiger partial charge in [0.2, 0.25) is 0 Å². The van der Waals surface area contributed by atoms with E-state index in [0.29, 0.717) is 5.56 Å². The molecule has 0 saturated carbocycles. The predicted octanol–water partition coefficient (Wildman–Crippen LogP) is 2.20. The molecule has 7 heteroatoms. The van der Waals surface area contributed by atoms with Crippen molar-refractivity contribution in [2.24, 2.45) is 0 Å². The lowest BCUT2D eigenvalue weighted by molar-refractivity contribution is 0.0694. The van der Waals surface area contributed by atoms with Gasteiger partial charge in [0.15, 0.2) is 0 Å². The number of aromatic carboxylic acids is 1. The number of carboxylic acid groups (broad SMARTS) is 1. The van der Waals surface area contributed by atoms with Crippen molar-refractivity contribution in [3.8, 4) is 5.75 Å². The van der Waals surface area contributed by atoms with Crippen LogP contribution in [0.15, 0.2) is 47.4 Å². The summed E-state index contributed by atoms with van der Waals surface area (Å²) in [5.41, 5.74) is 0.260. The van der Waals surface area contributed by atoms with Crippen molar-refractivity contribution in [3.05, 3.63) is 53.6 Å². The maximum absolute atomic E-state index is 12.3. The second-order valence-electron chi connectivity index (χ2n) is 4.41. The second kappa shape index (κ2) is 5.45. The fourth-order valence-electron chi connectivity index (χ4n) is 1.84. The molecule has 0 aliphatic carbocycles. The zero-order valence-electron chi connectivity index (χ0n) is 11.1. The van der Waals surface area contributed by atoms with Crippen molar-refractivity contribution < 1.29 is 23.4 Å². The standard InChI is InChI=1S/C14H13NO5S/c1-9-4-2-3-5-13(9)21(19,20)15-10-6-7-12(16)11(8-10)14(17)18/h2-8,15-16H,1H3,(H,17,18). The number of hydrogen-bond donors (Lipinski definition) is 3. The van der Waals surface area contributed by atoms with E-state index in [-0.39, 0.29) is 16.1 Å². The number of benzene rings is 2. The first-order chi connectivity index (χ1) is 9.81. The van der Waals surface area contributed by atoms with E-state index < -0.39 is 21.7 Å². The maximum Gasteiger partial charge on any atom is 0.339 e. The number of aryl methyl sites for hydroxylation is 1. The average molecular weight is 307 g/mol. The fourth-order valence-corrected chi connectivity index (χ4v) is 3.14. The highest BCUT2D eigenvalue weighted by Crippen LogP contribution is 2.24. The topological polar surface area (TPSA) is 104 Å². The van der Waals surface area contributed by atoms with Gasteiger partial charge in [-0.15, -0.1) is 0 Å². The lowest BCUT2D eigenvalue weighted by Gasteiger charge is -2.11. The van der Waals surface area contributed by atoms with Gasteiger partial charge >= 0.3 is 5.97 Å². The maximum atomic E-state index is 12.3. The molecule has 21 heavy (non-hydrogen) atoms. The van der Waals surface area contributed by atoms with Gasteiger partial charge in [-0.1, -0.05) is 18.2 Å². The third-order valence-corrected chi connectivity index (χ3v) is 4.40. The SMILES string of the molecule is Cc1ccccc1S(=O)(=O)Nc1ccc(O)c(C(=O)O)c1. The molecule has 2 rings (SSSR count). The first kappa shape index (κ1) is 14.9.